The van der Waals surface area contributed by atoms with Crippen molar-refractivity contribution >= 4 is 32.5 Å². The number of fused-ring (bicyclic) bond motifs is 1. The van der Waals surface area contributed by atoms with Gasteiger partial charge in [0.25, 0.3) is 0 Å². The van der Waals surface area contributed by atoms with Crippen LogP contribution in [0.5, 0.6) is 0 Å². The van der Waals surface area contributed by atoms with Crippen molar-refractivity contribution in [2.45, 2.75) is 44.0 Å². The molecule has 1 atom stereocenters. The van der Waals surface area contributed by atoms with Crippen LogP contribution in [-0.4, -0.2) is 37.6 Å². The van der Waals surface area contributed by atoms with Crippen LogP contribution in [-0.2, 0) is 34.1 Å². The molecule has 0 spiro atoms. The van der Waals surface area contributed by atoms with E-state index in [0.717, 1.165) is 47.5 Å². The summed E-state index contributed by atoms with van der Waals surface area (Å²) in [5, 5.41) is 10.8. The van der Waals surface area contributed by atoms with Gasteiger partial charge in [0.05, 0.1) is 4.90 Å². The van der Waals surface area contributed by atoms with Crippen molar-refractivity contribution < 1.29 is 18.3 Å². The van der Waals surface area contributed by atoms with Gasteiger partial charge in [-0.1, -0.05) is 56.3 Å². The predicted octanol–water partition coefficient (Wildman–Crippen LogP) is 4.43. The lowest BCUT2D eigenvalue weighted by atomic mass is 10.0. The Kier molecular flexibility index (Phi) is 9.41. The summed E-state index contributed by atoms with van der Waals surface area (Å²) in [5.41, 5.74) is 4.62. The minimum Gasteiger partial charge on any atom is -0.400 e. The molecule has 0 unspecified atom stereocenters. The van der Waals surface area contributed by atoms with Crippen LogP contribution in [0.4, 0.5) is 5.69 Å². The molecule has 4 N–H and O–H groups in total. The van der Waals surface area contributed by atoms with E-state index in [-0.39, 0.29) is 11.3 Å². The second kappa shape index (κ2) is 12.5. The van der Waals surface area contributed by atoms with Crippen molar-refractivity contribution in [3.8, 4) is 0 Å². The second-order valence-electron chi connectivity index (χ2n) is 8.27. The Labute approximate surface area is 212 Å². The molecule has 0 aliphatic heterocycles. The number of nitrogens with one attached hydrogen (secondary N) is 3. The first-order valence-electron chi connectivity index (χ1n) is 11.9. The number of aromatic nitrogens is 1. The van der Waals surface area contributed by atoms with E-state index in [1.54, 1.807) is 24.3 Å². The van der Waals surface area contributed by atoms with Gasteiger partial charge >= 0.3 is 0 Å². The van der Waals surface area contributed by atoms with Gasteiger partial charge in [-0.05, 0) is 66.3 Å². The minimum absolute atomic E-state index is 0.133. The maximum atomic E-state index is 13.3. The molecule has 190 valence electrons. The van der Waals surface area contributed by atoms with E-state index in [1.807, 2.05) is 61.7 Å². The van der Waals surface area contributed by atoms with Crippen LogP contribution in [0.2, 0.25) is 0 Å². The van der Waals surface area contributed by atoms with Crippen LogP contribution in [0.15, 0.2) is 83.9 Å². The number of anilines is 1. The lowest BCUT2D eigenvalue weighted by Gasteiger charge is -2.19. The first kappa shape index (κ1) is 27.1. The summed E-state index contributed by atoms with van der Waals surface area (Å²) in [6.45, 7) is 4.07. The topological polar surface area (TPSA) is 111 Å². The minimum atomic E-state index is -3.91. The molecule has 4 rings (SSSR count). The molecule has 3 aromatic carbocycles. The Morgan fingerprint density at radius 1 is 0.889 bits per heavy atom. The summed E-state index contributed by atoms with van der Waals surface area (Å²) in [5.74, 6) is -0.414. The molecule has 0 bridgehead atoms. The highest BCUT2D eigenvalue weighted by molar-refractivity contribution is 7.89. The molecular weight excluding hydrogens is 474 g/mol. The maximum absolute atomic E-state index is 13.3. The molecular formula is C28H33N3O4S. The fourth-order valence-electron chi connectivity index (χ4n) is 3.92. The number of aliphatic hydroxyl groups is 1. The third-order valence-electron chi connectivity index (χ3n) is 5.98. The Bertz CT molecular complexity index is 1380. The Morgan fingerprint density at radius 2 is 1.47 bits per heavy atom. The first-order chi connectivity index (χ1) is 17.4. The van der Waals surface area contributed by atoms with Crippen LogP contribution < -0.4 is 10.0 Å². The van der Waals surface area contributed by atoms with Gasteiger partial charge in [0, 0.05) is 29.9 Å². The highest BCUT2D eigenvalue weighted by Gasteiger charge is 2.27. The number of sulfonamides is 1. The van der Waals surface area contributed by atoms with Crippen LogP contribution in [0, 0.1) is 0 Å². The summed E-state index contributed by atoms with van der Waals surface area (Å²) in [7, 11) is -2.91. The molecule has 8 heteroatoms. The third kappa shape index (κ3) is 6.60. The van der Waals surface area contributed by atoms with E-state index in [9.17, 15) is 13.2 Å². The Morgan fingerprint density at radius 3 is 2.08 bits per heavy atom. The van der Waals surface area contributed by atoms with E-state index in [1.165, 1.54) is 0 Å². The zero-order valence-electron chi connectivity index (χ0n) is 20.8. The number of amides is 1. The molecule has 0 saturated heterocycles. The molecule has 1 aromatic heterocycles. The van der Waals surface area contributed by atoms with Gasteiger partial charge in [-0.2, -0.15) is 4.72 Å². The predicted molar refractivity (Wildman–Crippen MR) is 145 cm³/mol. The quantitative estimate of drug-likeness (QED) is 0.269. The number of H-pyrrole nitrogens is 1. The number of hydrogen-bond acceptors (Lipinski definition) is 4. The normalized spacial score (nSPS) is 12.0. The summed E-state index contributed by atoms with van der Waals surface area (Å²) < 4.78 is 29.0. The molecule has 36 heavy (non-hydrogen) atoms. The molecule has 1 amide bonds. The van der Waals surface area contributed by atoms with Gasteiger partial charge in [-0.25, -0.2) is 8.42 Å². The van der Waals surface area contributed by atoms with Crippen molar-refractivity contribution in [3.05, 3.63) is 95.7 Å². The molecule has 7 nitrogen and oxygen atoms in total. The average Bonchev–Trinajstić information content (AvgIpc) is 3.32. The first-order valence-corrected chi connectivity index (χ1v) is 13.4. The standard InChI is InChI=1S/C27H29N3O3S.CH4O/c1-3-19-9-13-22(14-10-19)29-27(31)26(17-21-18-28-25-8-6-5-7-24(21)25)30-34(32,33)23-15-11-20(4-2)12-16-23;1-2/h5-16,18,26,28,30H,3-4,17H2,1-2H3,(H,29,31);2H,1H3/t26-;/m0./s1. The van der Waals surface area contributed by atoms with Gasteiger partial charge in [-0.15, -0.1) is 0 Å². The maximum Gasteiger partial charge on any atom is 0.242 e. The number of benzene rings is 3. The lowest BCUT2D eigenvalue weighted by Crippen LogP contribution is -2.45. The largest absolute Gasteiger partial charge is 0.400 e. The van der Waals surface area contributed by atoms with Crippen LogP contribution in [0.3, 0.4) is 0 Å². The smallest absolute Gasteiger partial charge is 0.242 e. The molecule has 0 aliphatic carbocycles. The molecule has 0 saturated carbocycles. The number of hydrogen-bond donors (Lipinski definition) is 4. The number of para-hydroxylation sites is 1. The van der Waals surface area contributed by atoms with Crippen molar-refractivity contribution in [3.63, 3.8) is 0 Å². The van der Waals surface area contributed by atoms with Crippen molar-refractivity contribution in [1.29, 1.82) is 0 Å². The third-order valence-corrected chi connectivity index (χ3v) is 7.47. The molecule has 4 aromatic rings. The highest BCUT2D eigenvalue weighted by atomic mass is 32.2. The summed E-state index contributed by atoms with van der Waals surface area (Å²) in [6.07, 6.45) is 3.74. The van der Waals surface area contributed by atoms with Gasteiger partial charge in [0.2, 0.25) is 15.9 Å². The summed E-state index contributed by atoms with van der Waals surface area (Å²) in [4.78, 5) is 16.6. The lowest BCUT2D eigenvalue weighted by molar-refractivity contribution is -0.117. The van der Waals surface area contributed by atoms with Crippen LogP contribution >= 0.6 is 0 Å². The SMILES string of the molecule is CCc1ccc(NC(=O)[C@H](Cc2c[nH]c3ccccc23)NS(=O)(=O)c2ccc(CC)cc2)cc1.CO. The number of carbonyl (C=O) groups excluding carboxylic acids is 1. The van der Waals surface area contributed by atoms with Crippen molar-refractivity contribution in [2.24, 2.45) is 0 Å². The zero-order valence-corrected chi connectivity index (χ0v) is 21.6. The number of aryl methyl sites for hydroxylation is 2. The van der Waals surface area contributed by atoms with E-state index >= 15 is 0 Å². The zero-order chi connectivity index (χ0) is 26.1. The van der Waals surface area contributed by atoms with Gasteiger partial charge < -0.3 is 15.4 Å². The highest BCUT2D eigenvalue weighted by Crippen LogP contribution is 2.21. The van der Waals surface area contributed by atoms with Crippen molar-refractivity contribution in [1.82, 2.24) is 9.71 Å². The van der Waals surface area contributed by atoms with E-state index < -0.39 is 22.0 Å². The van der Waals surface area contributed by atoms with Crippen LogP contribution in [0.25, 0.3) is 10.9 Å². The fourth-order valence-corrected chi connectivity index (χ4v) is 5.12. The monoisotopic (exact) mass is 507 g/mol. The molecule has 0 aliphatic rings. The number of aliphatic hydroxyl groups excluding tert-OH is 1. The molecule has 1 heterocycles. The molecule has 0 fully saturated rings. The number of carbonyl (C=O) groups is 1. The fraction of sp³-hybridized carbons (Fsp3) is 0.250. The number of aromatic amines is 1. The van der Waals surface area contributed by atoms with Crippen LogP contribution in [0.1, 0.15) is 30.5 Å². The Balaban J connectivity index is 0.00000176. The van der Waals surface area contributed by atoms with Gasteiger partial charge in [0.1, 0.15) is 6.04 Å². The second-order valence-corrected chi connectivity index (χ2v) is 9.99. The number of rotatable bonds is 9. The van der Waals surface area contributed by atoms with Crippen molar-refractivity contribution in [2.75, 3.05) is 12.4 Å². The average molecular weight is 508 g/mol. The van der Waals surface area contributed by atoms with E-state index in [0.29, 0.717) is 5.69 Å². The van der Waals surface area contributed by atoms with E-state index in [2.05, 4.69) is 21.9 Å². The van der Waals surface area contributed by atoms with Gasteiger partial charge in [-0.3, -0.25) is 4.79 Å². The summed E-state index contributed by atoms with van der Waals surface area (Å²) >= 11 is 0. The van der Waals surface area contributed by atoms with E-state index in [4.69, 9.17) is 5.11 Å². The summed E-state index contributed by atoms with van der Waals surface area (Å²) in [6, 6.07) is 21.0. The molecule has 0 radical (unpaired) electrons. The van der Waals surface area contributed by atoms with Gasteiger partial charge in [0.15, 0.2) is 0 Å². The Hall–Kier alpha value is -3.46.